The van der Waals surface area contributed by atoms with Crippen molar-refractivity contribution in [3.8, 4) is 5.75 Å². The minimum absolute atomic E-state index is 0.00824. The van der Waals surface area contributed by atoms with Gasteiger partial charge in [0.2, 0.25) is 5.91 Å². The highest BCUT2D eigenvalue weighted by Crippen LogP contribution is 2.19. The van der Waals surface area contributed by atoms with Crippen LogP contribution in [-0.2, 0) is 15.3 Å². The van der Waals surface area contributed by atoms with Crippen molar-refractivity contribution in [2.45, 2.75) is 13.0 Å². The molecule has 21 heavy (non-hydrogen) atoms. The number of likely N-dealkylation sites (N-methyl/N-ethyl adjacent to an activating group) is 1. The van der Waals surface area contributed by atoms with Crippen molar-refractivity contribution in [2.24, 2.45) is 0 Å². The topological polar surface area (TPSA) is 96.9 Å². The molecule has 0 N–H and O–H groups in total. The standard InChI is InChI=1S/C11H12FN3O5S/c1-7-10(16)14(2)6-15(7)11(17)8-3-9(5-13-4-8)20-21(12,18)19/h3-5,7H,6H2,1-2H3. The van der Waals surface area contributed by atoms with Crippen LogP contribution < -0.4 is 4.18 Å². The van der Waals surface area contributed by atoms with E-state index >= 15 is 0 Å². The molecule has 0 spiro atoms. The van der Waals surface area contributed by atoms with Crippen LogP contribution in [0.15, 0.2) is 18.5 Å². The Morgan fingerprint density at radius 3 is 2.67 bits per heavy atom. The number of nitrogens with zero attached hydrogens (tertiary/aromatic N) is 3. The maximum Gasteiger partial charge on any atom is 0.488 e. The highest BCUT2D eigenvalue weighted by Gasteiger charge is 2.36. The third kappa shape index (κ3) is 3.27. The lowest BCUT2D eigenvalue weighted by molar-refractivity contribution is -0.127. The zero-order chi connectivity index (χ0) is 15.8. The van der Waals surface area contributed by atoms with E-state index in [1.54, 1.807) is 14.0 Å². The van der Waals surface area contributed by atoms with Gasteiger partial charge in [-0.05, 0) is 13.0 Å². The smallest absolute Gasteiger partial charge is 0.357 e. The first-order chi connectivity index (χ1) is 9.69. The Hall–Kier alpha value is -2.23. The van der Waals surface area contributed by atoms with E-state index in [0.29, 0.717) is 0 Å². The largest absolute Gasteiger partial charge is 0.488 e. The Balaban J connectivity index is 2.24. The molecule has 1 saturated heterocycles. The van der Waals surface area contributed by atoms with Gasteiger partial charge in [0.25, 0.3) is 5.91 Å². The van der Waals surface area contributed by atoms with E-state index in [1.165, 1.54) is 16.0 Å². The second kappa shape index (κ2) is 5.28. The summed E-state index contributed by atoms with van der Waals surface area (Å²) in [5, 5.41) is 0. The molecule has 1 aliphatic heterocycles. The lowest BCUT2D eigenvalue weighted by atomic mass is 10.2. The summed E-state index contributed by atoms with van der Waals surface area (Å²) in [4.78, 5) is 30.2. The zero-order valence-electron chi connectivity index (χ0n) is 11.2. The lowest BCUT2D eigenvalue weighted by Gasteiger charge is -2.18. The monoisotopic (exact) mass is 317 g/mol. The van der Waals surface area contributed by atoms with Crippen LogP contribution in [0, 0.1) is 0 Å². The molecule has 1 aromatic rings. The summed E-state index contributed by atoms with van der Waals surface area (Å²) < 4.78 is 37.3. The van der Waals surface area contributed by atoms with E-state index in [-0.39, 0.29) is 18.1 Å². The van der Waals surface area contributed by atoms with E-state index in [0.717, 1.165) is 12.3 Å². The molecule has 8 nitrogen and oxygen atoms in total. The number of hydrogen-bond acceptors (Lipinski definition) is 6. The molecule has 10 heteroatoms. The SMILES string of the molecule is CC1C(=O)N(C)CN1C(=O)c1cncc(OS(=O)(=O)F)c1. The number of carbonyl (C=O) groups is 2. The molecule has 0 radical (unpaired) electrons. The van der Waals surface area contributed by atoms with Crippen LogP contribution in [0.3, 0.4) is 0 Å². The van der Waals surface area contributed by atoms with Gasteiger partial charge in [0.1, 0.15) is 6.04 Å². The van der Waals surface area contributed by atoms with Gasteiger partial charge in [-0.2, -0.15) is 8.42 Å². The molecule has 1 fully saturated rings. The Kier molecular flexibility index (Phi) is 3.81. The first-order valence-electron chi connectivity index (χ1n) is 5.84. The van der Waals surface area contributed by atoms with E-state index in [9.17, 15) is 21.9 Å². The fourth-order valence-electron chi connectivity index (χ4n) is 1.98. The molecule has 0 aromatic carbocycles. The van der Waals surface area contributed by atoms with Gasteiger partial charge in [-0.15, -0.1) is 0 Å². The molecule has 2 amide bonds. The summed E-state index contributed by atoms with van der Waals surface area (Å²) in [5.74, 6) is -1.17. The number of rotatable bonds is 3. The lowest BCUT2D eigenvalue weighted by Crippen LogP contribution is -2.36. The number of amides is 2. The Labute approximate surface area is 120 Å². The van der Waals surface area contributed by atoms with Crippen LogP contribution in [-0.4, -0.2) is 54.8 Å². The van der Waals surface area contributed by atoms with Crippen LogP contribution in [0.2, 0.25) is 0 Å². The van der Waals surface area contributed by atoms with Gasteiger partial charge in [-0.1, -0.05) is 3.89 Å². The number of hydrogen-bond donors (Lipinski definition) is 0. The average Bonchev–Trinajstić information content (AvgIpc) is 2.64. The molecule has 1 aliphatic rings. The highest BCUT2D eigenvalue weighted by atomic mass is 32.3. The van der Waals surface area contributed by atoms with Gasteiger partial charge in [-0.25, -0.2) is 0 Å². The van der Waals surface area contributed by atoms with Crippen LogP contribution >= 0.6 is 0 Å². The van der Waals surface area contributed by atoms with Gasteiger partial charge in [0, 0.05) is 13.2 Å². The summed E-state index contributed by atoms with van der Waals surface area (Å²) in [7, 11) is -3.64. The molecular weight excluding hydrogens is 305 g/mol. The second-order valence-electron chi connectivity index (χ2n) is 4.51. The fraction of sp³-hybridized carbons (Fsp3) is 0.364. The molecule has 1 atom stereocenters. The molecule has 114 valence electrons. The maximum absolute atomic E-state index is 12.4. The quantitative estimate of drug-likeness (QED) is 0.724. The molecule has 1 unspecified atom stereocenters. The molecule has 0 saturated carbocycles. The van der Waals surface area contributed by atoms with Crippen molar-refractivity contribution in [3.05, 3.63) is 24.0 Å². The minimum atomic E-state index is -5.19. The fourth-order valence-corrected chi connectivity index (χ4v) is 2.30. The summed E-state index contributed by atoms with van der Waals surface area (Å²) in [6.45, 7) is 1.68. The molecule has 2 heterocycles. The predicted molar refractivity (Wildman–Crippen MR) is 68.2 cm³/mol. The van der Waals surface area contributed by atoms with Gasteiger partial charge in [0.05, 0.1) is 18.4 Å². The van der Waals surface area contributed by atoms with Crippen molar-refractivity contribution in [1.82, 2.24) is 14.8 Å². The molecular formula is C11H12FN3O5S. The highest BCUT2D eigenvalue weighted by molar-refractivity contribution is 7.81. The number of pyridine rings is 1. The van der Waals surface area contributed by atoms with Crippen molar-refractivity contribution >= 4 is 22.3 Å². The molecule has 0 aliphatic carbocycles. The third-order valence-electron chi connectivity index (χ3n) is 2.98. The number of carbonyl (C=O) groups excluding carboxylic acids is 2. The summed E-state index contributed by atoms with van der Waals surface area (Å²) in [6.07, 6.45) is 2.13. The van der Waals surface area contributed by atoms with Crippen molar-refractivity contribution < 1.29 is 26.1 Å². The normalized spacial score (nSPS) is 19.0. The van der Waals surface area contributed by atoms with E-state index in [1.807, 2.05) is 0 Å². The molecule has 0 bridgehead atoms. The Morgan fingerprint density at radius 1 is 1.48 bits per heavy atom. The maximum atomic E-state index is 12.4. The van der Waals surface area contributed by atoms with Crippen LogP contribution in [0.1, 0.15) is 17.3 Å². The number of halogens is 1. The molecule has 1 aromatic heterocycles. The third-order valence-corrected chi connectivity index (χ3v) is 3.37. The molecule has 2 rings (SSSR count). The van der Waals surface area contributed by atoms with Crippen molar-refractivity contribution in [2.75, 3.05) is 13.7 Å². The predicted octanol–water partition coefficient (Wildman–Crippen LogP) is -0.0651. The minimum Gasteiger partial charge on any atom is -0.357 e. The van der Waals surface area contributed by atoms with Gasteiger partial charge < -0.3 is 14.0 Å². The second-order valence-corrected chi connectivity index (χ2v) is 5.47. The average molecular weight is 317 g/mol. The van der Waals surface area contributed by atoms with Gasteiger partial charge >= 0.3 is 10.5 Å². The van der Waals surface area contributed by atoms with Gasteiger partial charge in [-0.3, -0.25) is 14.6 Å². The van der Waals surface area contributed by atoms with Gasteiger partial charge in [0.15, 0.2) is 5.75 Å². The van der Waals surface area contributed by atoms with Crippen LogP contribution in [0.25, 0.3) is 0 Å². The van der Waals surface area contributed by atoms with Crippen molar-refractivity contribution in [3.63, 3.8) is 0 Å². The van der Waals surface area contributed by atoms with Crippen LogP contribution in [0.4, 0.5) is 3.89 Å². The first-order valence-corrected chi connectivity index (χ1v) is 7.15. The summed E-state index contributed by atoms with van der Waals surface area (Å²) in [6, 6.07) is 0.402. The van der Waals surface area contributed by atoms with E-state index < -0.39 is 28.2 Å². The van der Waals surface area contributed by atoms with Crippen molar-refractivity contribution in [1.29, 1.82) is 0 Å². The van der Waals surface area contributed by atoms with Crippen LogP contribution in [0.5, 0.6) is 5.75 Å². The number of aromatic nitrogens is 1. The Bertz CT molecular complexity index is 693. The zero-order valence-corrected chi connectivity index (χ0v) is 12.0. The first kappa shape index (κ1) is 15.2. The Morgan fingerprint density at radius 2 is 2.14 bits per heavy atom. The van der Waals surface area contributed by atoms with E-state index in [2.05, 4.69) is 9.17 Å². The summed E-state index contributed by atoms with van der Waals surface area (Å²) in [5.41, 5.74) is -0.00824. The summed E-state index contributed by atoms with van der Waals surface area (Å²) >= 11 is 0. The van der Waals surface area contributed by atoms with E-state index in [4.69, 9.17) is 0 Å².